The summed E-state index contributed by atoms with van der Waals surface area (Å²) in [7, 11) is 1.82. The van der Waals surface area contributed by atoms with E-state index in [0.717, 1.165) is 31.5 Å². The zero-order valence-electron chi connectivity index (χ0n) is 12.1. The summed E-state index contributed by atoms with van der Waals surface area (Å²) in [5.41, 5.74) is 0.569. The number of aryl methyl sites for hydroxylation is 1. The third kappa shape index (κ3) is 2.85. The number of hydrogen-bond donors (Lipinski definition) is 2. The first-order chi connectivity index (χ1) is 10.1. The van der Waals surface area contributed by atoms with Gasteiger partial charge in [-0.05, 0) is 37.8 Å². The van der Waals surface area contributed by atoms with E-state index < -0.39 is 0 Å². The highest BCUT2D eigenvalue weighted by Crippen LogP contribution is 2.20. The minimum Gasteiger partial charge on any atom is -0.393 e. The summed E-state index contributed by atoms with van der Waals surface area (Å²) in [6.07, 6.45) is 8.33. The first-order valence-electron chi connectivity index (χ1n) is 7.29. The molecule has 6 heteroatoms. The van der Waals surface area contributed by atoms with Crippen LogP contribution in [0, 0.1) is 0 Å². The first-order valence-corrected chi connectivity index (χ1v) is 7.29. The molecule has 1 aliphatic carbocycles. The van der Waals surface area contributed by atoms with Gasteiger partial charge in [0, 0.05) is 25.5 Å². The van der Waals surface area contributed by atoms with E-state index in [0.29, 0.717) is 5.56 Å². The molecular weight excluding hydrogens is 268 g/mol. The third-order valence-corrected chi connectivity index (χ3v) is 4.03. The van der Waals surface area contributed by atoms with Crippen LogP contribution in [0.1, 0.15) is 36.0 Å². The zero-order chi connectivity index (χ0) is 14.8. The normalized spacial score (nSPS) is 22.2. The number of rotatable bonds is 3. The van der Waals surface area contributed by atoms with E-state index in [2.05, 4.69) is 10.4 Å². The van der Waals surface area contributed by atoms with Gasteiger partial charge in [-0.2, -0.15) is 5.10 Å². The van der Waals surface area contributed by atoms with Crippen LogP contribution >= 0.6 is 0 Å². The van der Waals surface area contributed by atoms with E-state index in [1.165, 1.54) is 0 Å². The molecule has 3 rings (SSSR count). The number of aliphatic hydroxyl groups is 1. The molecule has 0 radical (unpaired) electrons. The monoisotopic (exact) mass is 288 g/mol. The molecule has 1 saturated carbocycles. The Labute approximate surface area is 123 Å². The maximum atomic E-state index is 12.5. The Kier molecular flexibility index (Phi) is 3.79. The van der Waals surface area contributed by atoms with Crippen molar-refractivity contribution in [1.82, 2.24) is 19.7 Å². The van der Waals surface area contributed by atoms with E-state index in [9.17, 15) is 9.90 Å². The predicted molar refractivity (Wildman–Crippen MR) is 78.3 cm³/mol. The van der Waals surface area contributed by atoms with Crippen molar-refractivity contribution in [3.8, 4) is 5.82 Å². The molecule has 0 aliphatic heterocycles. The Morgan fingerprint density at radius 3 is 2.62 bits per heavy atom. The molecule has 2 heterocycles. The van der Waals surface area contributed by atoms with Crippen LogP contribution in [-0.4, -0.2) is 37.5 Å². The second-order valence-electron chi connectivity index (χ2n) is 5.57. The molecule has 1 amide bonds. The van der Waals surface area contributed by atoms with E-state index in [1.54, 1.807) is 10.9 Å². The summed E-state index contributed by atoms with van der Waals surface area (Å²) < 4.78 is 3.58. The topological polar surface area (TPSA) is 72.1 Å². The molecule has 2 aromatic heterocycles. The molecule has 6 nitrogen and oxygen atoms in total. The smallest absolute Gasteiger partial charge is 0.256 e. The van der Waals surface area contributed by atoms with Crippen LogP contribution in [0.5, 0.6) is 0 Å². The standard InChI is InChI=1S/C15H20N4O2/c1-18-15(19-8-2-3-9-19)13(10-16-18)14(21)17-11-4-6-12(20)7-5-11/h2-3,8-12,20H,4-7H2,1H3,(H,17,21). The average Bonchev–Trinajstić information content (AvgIpc) is 3.10. The van der Waals surface area contributed by atoms with Crippen LogP contribution < -0.4 is 5.32 Å². The van der Waals surface area contributed by atoms with Gasteiger partial charge in [-0.3, -0.25) is 9.48 Å². The molecule has 0 aromatic carbocycles. The van der Waals surface area contributed by atoms with Gasteiger partial charge < -0.3 is 15.0 Å². The second kappa shape index (κ2) is 5.73. The lowest BCUT2D eigenvalue weighted by Crippen LogP contribution is -2.38. The summed E-state index contributed by atoms with van der Waals surface area (Å²) in [5, 5.41) is 16.8. The van der Waals surface area contributed by atoms with Crippen LogP contribution in [0.4, 0.5) is 0 Å². The van der Waals surface area contributed by atoms with Gasteiger partial charge in [0.05, 0.1) is 12.3 Å². The van der Waals surface area contributed by atoms with Crippen molar-refractivity contribution in [1.29, 1.82) is 0 Å². The number of carbonyl (C=O) groups excluding carboxylic acids is 1. The van der Waals surface area contributed by atoms with E-state index in [-0.39, 0.29) is 18.1 Å². The number of hydrogen-bond acceptors (Lipinski definition) is 3. The van der Waals surface area contributed by atoms with E-state index in [4.69, 9.17) is 0 Å². The minimum absolute atomic E-state index is 0.104. The van der Waals surface area contributed by atoms with Crippen molar-refractivity contribution < 1.29 is 9.90 Å². The Morgan fingerprint density at radius 2 is 1.95 bits per heavy atom. The van der Waals surface area contributed by atoms with Crippen molar-refractivity contribution in [3.63, 3.8) is 0 Å². The fraction of sp³-hybridized carbons (Fsp3) is 0.467. The number of amides is 1. The summed E-state index contributed by atoms with van der Waals surface area (Å²) in [6, 6.07) is 3.97. The largest absolute Gasteiger partial charge is 0.393 e. The van der Waals surface area contributed by atoms with Crippen LogP contribution in [0.25, 0.3) is 5.82 Å². The Morgan fingerprint density at radius 1 is 1.29 bits per heavy atom. The quantitative estimate of drug-likeness (QED) is 0.892. The van der Waals surface area contributed by atoms with E-state index in [1.807, 2.05) is 36.1 Å². The molecule has 2 aromatic rings. The van der Waals surface area contributed by atoms with Gasteiger partial charge in [-0.15, -0.1) is 0 Å². The predicted octanol–water partition coefficient (Wildman–Crippen LogP) is 1.24. The lowest BCUT2D eigenvalue weighted by molar-refractivity contribution is 0.0867. The first kappa shape index (κ1) is 13.9. The number of nitrogens with zero attached hydrogens (tertiary/aromatic N) is 3. The highest BCUT2D eigenvalue weighted by Gasteiger charge is 2.24. The number of aliphatic hydroxyl groups excluding tert-OH is 1. The summed E-state index contributed by atoms with van der Waals surface area (Å²) in [6.45, 7) is 0. The van der Waals surface area contributed by atoms with Gasteiger partial charge in [0.2, 0.25) is 0 Å². The Balaban J connectivity index is 1.76. The van der Waals surface area contributed by atoms with Gasteiger partial charge in [-0.25, -0.2) is 0 Å². The molecule has 1 aliphatic rings. The molecule has 21 heavy (non-hydrogen) atoms. The molecule has 112 valence electrons. The number of carbonyl (C=O) groups is 1. The van der Waals surface area contributed by atoms with Gasteiger partial charge in [0.1, 0.15) is 11.4 Å². The highest BCUT2D eigenvalue weighted by atomic mass is 16.3. The average molecular weight is 288 g/mol. The molecule has 0 spiro atoms. The van der Waals surface area contributed by atoms with Gasteiger partial charge in [0.15, 0.2) is 0 Å². The van der Waals surface area contributed by atoms with Crippen molar-refractivity contribution >= 4 is 5.91 Å². The molecule has 2 N–H and O–H groups in total. The molecule has 1 fully saturated rings. The van der Waals surface area contributed by atoms with Crippen molar-refractivity contribution in [3.05, 3.63) is 36.3 Å². The number of aromatic nitrogens is 3. The maximum Gasteiger partial charge on any atom is 0.256 e. The molecular formula is C15H20N4O2. The SMILES string of the molecule is Cn1ncc(C(=O)NC2CCC(O)CC2)c1-n1cccc1. The summed E-state index contributed by atoms with van der Waals surface area (Å²) >= 11 is 0. The van der Waals surface area contributed by atoms with Gasteiger partial charge in [0.25, 0.3) is 5.91 Å². The van der Waals surface area contributed by atoms with Crippen molar-refractivity contribution in [2.45, 2.75) is 37.8 Å². The molecule has 0 bridgehead atoms. The second-order valence-corrected chi connectivity index (χ2v) is 5.57. The Hall–Kier alpha value is -2.08. The third-order valence-electron chi connectivity index (χ3n) is 4.03. The van der Waals surface area contributed by atoms with Crippen molar-refractivity contribution in [2.75, 3.05) is 0 Å². The lowest BCUT2D eigenvalue weighted by Gasteiger charge is -2.26. The molecule has 0 saturated heterocycles. The van der Waals surface area contributed by atoms with E-state index >= 15 is 0 Å². The van der Waals surface area contributed by atoms with Crippen LogP contribution in [0.15, 0.2) is 30.7 Å². The van der Waals surface area contributed by atoms with Gasteiger partial charge >= 0.3 is 0 Å². The summed E-state index contributed by atoms with van der Waals surface area (Å²) in [4.78, 5) is 12.5. The van der Waals surface area contributed by atoms with Crippen LogP contribution in [0.3, 0.4) is 0 Å². The molecule has 0 atom stereocenters. The summed E-state index contributed by atoms with van der Waals surface area (Å²) in [5.74, 6) is 0.654. The fourth-order valence-electron chi connectivity index (χ4n) is 2.86. The maximum absolute atomic E-state index is 12.5. The van der Waals surface area contributed by atoms with Gasteiger partial charge in [-0.1, -0.05) is 0 Å². The number of nitrogens with one attached hydrogen (secondary N) is 1. The Bertz CT molecular complexity index is 610. The van der Waals surface area contributed by atoms with Crippen molar-refractivity contribution in [2.24, 2.45) is 7.05 Å². The van der Waals surface area contributed by atoms with Crippen LogP contribution in [0.2, 0.25) is 0 Å². The molecule has 0 unspecified atom stereocenters. The fourth-order valence-corrected chi connectivity index (χ4v) is 2.86. The minimum atomic E-state index is -0.216. The van der Waals surface area contributed by atoms with Crippen LogP contribution in [-0.2, 0) is 7.05 Å². The highest BCUT2D eigenvalue weighted by molar-refractivity contribution is 5.97. The lowest BCUT2D eigenvalue weighted by atomic mass is 9.93. The zero-order valence-corrected chi connectivity index (χ0v) is 12.1.